The summed E-state index contributed by atoms with van der Waals surface area (Å²) in [6.07, 6.45) is 3.49. The minimum absolute atomic E-state index is 0.0274. The number of hydrogen-bond acceptors (Lipinski definition) is 3. The van der Waals surface area contributed by atoms with Crippen molar-refractivity contribution in [3.8, 4) is 0 Å². The van der Waals surface area contributed by atoms with Crippen molar-refractivity contribution in [1.82, 2.24) is 15.1 Å². The number of carbonyl (C=O) groups excluding carboxylic acids is 1. The molecule has 1 aromatic heterocycles. The average Bonchev–Trinajstić information content (AvgIpc) is 2.86. The van der Waals surface area contributed by atoms with E-state index in [1.807, 2.05) is 6.07 Å². The van der Waals surface area contributed by atoms with Crippen molar-refractivity contribution in [3.05, 3.63) is 17.5 Å². The first kappa shape index (κ1) is 12.3. The number of nitrogens with zero attached hydrogens (tertiary/aromatic N) is 2. The Hall–Kier alpha value is -1.16. The molecule has 0 aromatic carbocycles. The van der Waals surface area contributed by atoms with Crippen molar-refractivity contribution in [3.63, 3.8) is 0 Å². The molecule has 94 valence electrons. The number of aromatic nitrogens is 2. The van der Waals surface area contributed by atoms with Gasteiger partial charge < -0.3 is 0 Å². The maximum Gasteiger partial charge on any atom is 0.179 e. The number of nitrogens with one attached hydrogen (secondary N) is 1. The van der Waals surface area contributed by atoms with Crippen molar-refractivity contribution in [2.75, 3.05) is 6.54 Å². The van der Waals surface area contributed by atoms with Crippen LogP contribution in [0.25, 0.3) is 0 Å². The zero-order chi connectivity index (χ0) is 12.4. The molecule has 1 aliphatic rings. The summed E-state index contributed by atoms with van der Waals surface area (Å²) in [6, 6.07) is 3.08. The Labute approximate surface area is 102 Å². The highest BCUT2D eigenvalue weighted by atomic mass is 16.1. The molecule has 1 saturated heterocycles. The molecule has 2 rings (SSSR count). The predicted octanol–water partition coefficient (Wildman–Crippen LogP) is 2.03. The zero-order valence-electron chi connectivity index (χ0n) is 10.9. The van der Waals surface area contributed by atoms with E-state index in [2.05, 4.69) is 28.9 Å². The zero-order valence-corrected chi connectivity index (χ0v) is 10.9. The Bertz CT molecular complexity index is 397. The quantitative estimate of drug-likeness (QED) is 0.812. The van der Waals surface area contributed by atoms with Crippen molar-refractivity contribution < 1.29 is 4.79 Å². The molecule has 0 bridgehead atoms. The van der Waals surface area contributed by atoms with Gasteiger partial charge in [0, 0.05) is 31.1 Å². The molecule has 1 aromatic rings. The Morgan fingerprint density at radius 1 is 1.65 bits per heavy atom. The highest BCUT2D eigenvalue weighted by molar-refractivity contribution is 5.92. The number of likely N-dealkylation sites (tertiary alicyclic amines) is 1. The van der Waals surface area contributed by atoms with Crippen LogP contribution in [-0.4, -0.2) is 39.5 Å². The maximum absolute atomic E-state index is 11.2. The number of H-pyrrole nitrogens is 1. The molecule has 0 spiro atoms. The smallest absolute Gasteiger partial charge is 0.179 e. The van der Waals surface area contributed by atoms with Gasteiger partial charge in [-0.3, -0.25) is 14.8 Å². The molecule has 1 N–H and O–H groups in total. The van der Waals surface area contributed by atoms with E-state index >= 15 is 0 Å². The lowest BCUT2D eigenvalue weighted by Gasteiger charge is -2.27. The third-order valence-corrected chi connectivity index (χ3v) is 3.53. The lowest BCUT2D eigenvalue weighted by atomic mass is 10.1. The lowest BCUT2D eigenvalue weighted by Crippen LogP contribution is -2.36. The molecule has 0 amide bonds. The molecule has 0 radical (unpaired) electrons. The van der Waals surface area contributed by atoms with Crippen LogP contribution in [0.4, 0.5) is 0 Å². The summed E-state index contributed by atoms with van der Waals surface area (Å²) < 4.78 is 0. The van der Waals surface area contributed by atoms with Gasteiger partial charge in [0.1, 0.15) is 5.69 Å². The fourth-order valence-corrected chi connectivity index (χ4v) is 2.66. The summed E-state index contributed by atoms with van der Waals surface area (Å²) in [5, 5.41) is 7.01. The molecule has 1 aliphatic heterocycles. The second-order valence-electron chi connectivity index (χ2n) is 5.17. The minimum atomic E-state index is 0.0274. The van der Waals surface area contributed by atoms with Gasteiger partial charge in [-0.2, -0.15) is 5.10 Å². The summed E-state index contributed by atoms with van der Waals surface area (Å²) in [7, 11) is 0. The second-order valence-corrected chi connectivity index (χ2v) is 5.17. The van der Waals surface area contributed by atoms with Crippen LogP contribution in [0.2, 0.25) is 0 Å². The van der Waals surface area contributed by atoms with Crippen LogP contribution in [0.15, 0.2) is 6.07 Å². The standard InChI is InChI=1S/C13H21N3O/c1-9(2)16-6-4-5-12(16)7-11-8-13(10(3)17)15-14-11/h8-9,12H,4-7H2,1-3H3,(H,14,15). The van der Waals surface area contributed by atoms with E-state index in [1.165, 1.54) is 19.4 Å². The molecule has 1 fully saturated rings. The SMILES string of the molecule is CC(=O)c1cc(CC2CCCN2C(C)C)[nH]n1. The molecule has 1 atom stereocenters. The molecule has 17 heavy (non-hydrogen) atoms. The minimum Gasteiger partial charge on any atom is -0.298 e. The molecule has 4 nitrogen and oxygen atoms in total. The average molecular weight is 235 g/mol. The van der Waals surface area contributed by atoms with Gasteiger partial charge in [-0.15, -0.1) is 0 Å². The number of carbonyl (C=O) groups is 1. The van der Waals surface area contributed by atoms with Crippen molar-refractivity contribution in [2.24, 2.45) is 0 Å². The van der Waals surface area contributed by atoms with E-state index < -0.39 is 0 Å². The van der Waals surface area contributed by atoms with E-state index in [0.717, 1.165) is 12.1 Å². The molecule has 1 unspecified atom stereocenters. The second kappa shape index (κ2) is 5.00. The predicted molar refractivity (Wildman–Crippen MR) is 67.2 cm³/mol. The molecule has 0 saturated carbocycles. The Balaban J connectivity index is 2.02. The summed E-state index contributed by atoms with van der Waals surface area (Å²) in [5.74, 6) is 0.0274. The number of aromatic amines is 1. The van der Waals surface area contributed by atoms with Gasteiger partial charge in [0.05, 0.1) is 0 Å². The van der Waals surface area contributed by atoms with Crippen LogP contribution in [0, 0.1) is 0 Å². The topological polar surface area (TPSA) is 49.0 Å². The van der Waals surface area contributed by atoms with Crippen LogP contribution in [0.3, 0.4) is 0 Å². The van der Waals surface area contributed by atoms with Crippen LogP contribution in [0.1, 0.15) is 49.8 Å². The Kier molecular flexibility index (Phi) is 3.62. The molecule has 4 heteroatoms. The third kappa shape index (κ3) is 2.75. The maximum atomic E-state index is 11.2. The van der Waals surface area contributed by atoms with Crippen LogP contribution < -0.4 is 0 Å². The van der Waals surface area contributed by atoms with Gasteiger partial charge in [-0.1, -0.05) is 0 Å². The van der Waals surface area contributed by atoms with E-state index in [-0.39, 0.29) is 5.78 Å². The van der Waals surface area contributed by atoms with Gasteiger partial charge in [0.2, 0.25) is 0 Å². The first-order chi connectivity index (χ1) is 8.08. The van der Waals surface area contributed by atoms with Crippen LogP contribution in [0.5, 0.6) is 0 Å². The Morgan fingerprint density at radius 2 is 2.41 bits per heavy atom. The first-order valence-corrected chi connectivity index (χ1v) is 6.39. The van der Waals surface area contributed by atoms with Crippen molar-refractivity contribution >= 4 is 5.78 Å². The van der Waals surface area contributed by atoms with E-state index in [0.29, 0.717) is 17.8 Å². The van der Waals surface area contributed by atoms with Crippen LogP contribution >= 0.6 is 0 Å². The normalized spacial score (nSPS) is 21.3. The molecule has 2 heterocycles. The molecular weight excluding hydrogens is 214 g/mol. The number of Topliss-reactive ketones (excluding diaryl/α,β-unsaturated/α-hetero) is 1. The van der Waals surface area contributed by atoms with Crippen LogP contribution in [-0.2, 0) is 6.42 Å². The summed E-state index contributed by atoms with van der Waals surface area (Å²) in [5.41, 5.74) is 1.63. The largest absolute Gasteiger partial charge is 0.298 e. The Morgan fingerprint density at radius 3 is 3.00 bits per heavy atom. The number of hydrogen-bond donors (Lipinski definition) is 1. The number of rotatable bonds is 4. The van der Waals surface area contributed by atoms with Gasteiger partial charge >= 0.3 is 0 Å². The fraction of sp³-hybridized carbons (Fsp3) is 0.692. The number of ketones is 1. The summed E-state index contributed by atoms with van der Waals surface area (Å²) >= 11 is 0. The van der Waals surface area contributed by atoms with Gasteiger partial charge in [-0.05, 0) is 39.3 Å². The van der Waals surface area contributed by atoms with E-state index in [4.69, 9.17) is 0 Å². The van der Waals surface area contributed by atoms with Crippen molar-refractivity contribution in [2.45, 2.75) is 52.1 Å². The van der Waals surface area contributed by atoms with Gasteiger partial charge in [-0.25, -0.2) is 0 Å². The molecule has 0 aliphatic carbocycles. The summed E-state index contributed by atoms with van der Waals surface area (Å²) in [4.78, 5) is 13.7. The van der Waals surface area contributed by atoms with E-state index in [1.54, 1.807) is 6.92 Å². The third-order valence-electron chi connectivity index (χ3n) is 3.53. The van der Waals surface area contributed by atoms with E-state index in [9.17, 15) is 4.79 Å². The van der Waals surface area contributed by atoms with Crippen molar-refractivity contribution in [1.29, 1.82) is 0 Å². The lowest BCUT2D eigenvalue weighted by molar-refractivity contribution is 0.101. The monoisotopic (exact) mass is 235 g/mol. The van der Waals surface area contributed by atoms with Gasteiger partial charge in [0.25, 0.3) is 0 Å². The fourth-order valence-electron chi connectivity index (χ4n) is 2.66. The highest BCUT2D eigenvalue weighted by Crippen LogP contribution is 2.22. The summed E-state index contributed by atoms with van der Waals surface area (Å²) in [6.45, 7) is 7.23. The highest BCUT2D eigenvalue weighted by Gasteiger charge is 2.27. The van der Waals surface area contributed by atoms with Gasteiger partial charge in [0.15, 0.2) is 5.78 Å². The molecular formula is C13H21N3O. The first-order valence-electron chi connectivity index (χ1n) is 6.39.